The van der Waals surface area contributed by atoms with E-state index in [1.54, 1.807) is 24.4 Å². The minimum atomic E-state index is -3.72. The van der Waals surface area contributed by atoms with Crippen molar-refractivity contribution in [3.05, 3.63) is 48.4 Å². The lowest BCUT2D eigenvalue weighted by Gasteiger charge is -2.12. The van der Waals surface area contributed by atoms with Crippen LogP contribution in [-0.2, 0) is 27.9 Å². The zero-order valence-corrected chi connectivity index (χ0v) is 16.8. The second-order valence-electron chi connectivity index (χ2n) is 6.91. The molecule has 1 amide bonds. The minimum absolute atomic E-state index is 0.0544. The summed E-state index contributed by atoms with van der Waals surface area (Å²) >= 11 is 0. The Hall–Kier alpha value is -2.78. The molecule has 0 unspecified atom stereocenters. The van der Waals surface area contributed by atoms with Gasteiger partial charge in [0.15, 0.2) is 5.65 Å². The number of carbonyl (C=O) groups is 1. The number of benzene rings is 1. The number of hydrogen-bond donors (Lipinski definition) is 2. The Morgan fingerprint density at radius 2 is 1.89 bits per heavy atom. The normalized spacial score (nSPS) is 11.9. The van der Waals surface area contributed by atoms with Gasteiger partial charge in [-0.25, -0.2) is 23.1 Å². The number of rotatable bonds is 7. The van der Waals surface area contributed by atoms with E-state index in [1.165, 1.54) is 19.1 Å². The van der Waals surface area contributed by atoms with E-state index in [2.05, 4.69) is 33.9 Å². The molecule has 28 heavy (non-hydrogen) atoms. The molecule has 0 aliphatic rings. The third kappa shape index (κ3) is 4.55. The summed E-state index contributed by atoms with van der Waals surface area (Å²) in [6.07, 6.45) is 1.70. The molecule has 3 aromatic rings. The smallest absolute Gasteiger partial charge is 0.240 e. The van der Waals surface area contributed by atoms with Gasteiger partial charge in [0.2, 0.25) is 15.9 Å². The molecule has 0 fully saturated rings. The molecule has 0 spiro atoms. The maximum Gasteiger partial charge on any atom is 0.240 e. The summed E-state index contributed by atoms with van der Waals surface area (Å²) in [7, 11) is -3.72. The molecule has 0 aliphatic heterocycles. The zero-order valence-electron chi connectivity index (χ0n) is 16.0. The molecule has 0 bridgehead atoms. The van der Waals surface area contributed by atoms with Crippen molar-refractivity contribution in [3.8, 4) is 0 Å². The molecular weight excluding hydrogens is 378 g/mol. The Morgan fingerprint density at radius 1 is 1.18 bits per heavy atom. The Kier molecular flexibility index (Phi) is 5.76. The summed E-state index contributed by atoms with van der Waals surface area (Å²) in [4.78, 5) is 20.1. The number of pyridine rings is 1. The number of sulfonamides is 1. The van der Waals surface area contributed by atoms with Gasteiger partial charge in [-0.3, -0.25) is 4.79 Å². The van der Waals surface area contributed by atoms with Gasteiger partial charge in [0.05, 0.1) is 11.4 Å². The molecule has 0 atom stereocenters. The Bertz CT molecular complexity index is 1090. The summed E-state index contributed by atoms with van der Waals surface area (Å²) in [6.45, 7) is 6.30. The number of hydrogen-bond acceptors (Lipinski definition) is 5. The number of nitrogens with zero attached hydrogens (tertiary/aromatic N) is 3. The third-order valence-corrected chi connectivity index (χ3v) is 5.45. The van der Waals surface area contributed by atoms with Crippen LogP contribution in [0.3, 0.4) is 0 Å². The van der Waals surface area contributed by atoms with Gasteiger partial charge < -0.3 is 9.88 Å². The van der Waals surface area contributed by atoms with Crippen LogP contribution in [0.25, 0.3) is 11.2 Å². The Balaban J connectivity index is 1.81. The highest BCUT2D eigenvalue weighted by molar-refractivity contribution is 7.89. The molecule has 0 aliphatic carbocycles. The van der Waals surface area contributed by atoms with Gasteiger partial charge in [-0.1, -0.05) is 13.8 Å². The highest BCUT2D eigenvalue weighted by Crippen LogP contribution is 2.18. The number of fused-ring (bicyclic) bond motifs is 1. The van der Waals surface area contributed by atoms with E-state index < -0.39 is 10.0 Å². The van der Waals surface area contributed by atoms with Gasteiger partial charge in [-0.05, 0) is 42.3 Å². The molecule has 0 saturated carbocycles. The van der Waals surface area contributed by atoms with Gasteiger partial charge in [-0.15, -0.1) is 0 Å². The average molecular weight is 401 g/mol. The first-order chi connectivity index (χ1) is 13.3. The van der Waals surface area contributed by atoms with Crippen LogP contribution in [0.15, 0.2) is 47.5 Å². The standard InChI is InChI=1S/C19H23N5O3S/c1-13(2)12-24-18(23-17-5-4-10-20-19(17)24)11-21-28(26,27)16-8-6-15(7-9-16)22-14(3)25/h4-10,13,21H,11-12H2,1-3H3,(H,22,25). The van der Waals surface area contributed by atoms with E-state index >= 15 is 0 Å². The van der Waals surface area contributed by atoms with Gasteiger partial charge in [0.25, 0.3) is 0 Å². The molecular formula is C19H23N5O3S. The van der Waals surface area contributed by atoms with E-state index in [-0.39, 0.29) is 17.3 Å². The van der Waals surface area contributed by atoms with Crippen LogP contribution >= 0.6 is 0 Å². The first-order valence-electron chi connectivity index (χ1n) is 8.93. The lowest BCUT2D eigenvalue weighted by atomic mass is 10.2. The summed E-state index contributed by atoms with van der Waals surface area (Å²) < 4.78 is 29.8. The van der Waals surface area contributed by atoms with Crippen LogP contribution in [-0.4, -0.2) is 28.9 Å². The molecule has 8 nitrogen and oxygen atoms in total. The molecule has 148 valence electrons. The van der Waals surface area contributed by atoms with Crippen molar-refractivity contribution in [2.24, 2.45) is 5.92 Å². The fourth-order valence-electron chi connectivity index (χ4n) is 2.86. The summed E-state index contributed by atoms with van der Waals surface area (Å²) in [5.41, 5.74) is 2.01. The molecule has 2 heterocycles. The Labute approximate surface area is 164 Å². The van der Waals surface area contributed by atoms with E-state index in [0.29, 0.717) is 24.0 Å². The van der Waals surface area contributed by atoms with Gasteiger partial charge >= 0.3 is 0 Å². The lowest BCUT2D eigenvalue weighted by Crippen LogP contribution is -2.25. The number of amides is 1. The SMILES string of the molecule is CC(=O)Nc1ccc(S(=O)(=O)NCc2nc3cccnc3n2CC(C)C)cc1. The maximum absolute atomic E-state index is 12.6. The molecule has 2 N–H and O–H groups in total. The van der Waals surface area contributed by atoms with Crippen molar-refractivity contribution in [2.75, 3.05) is 5.32 Å². The highest BCUT2D eigenvalue weighted by Gasteiger charge is 2.18. The number of anilines is 1. The molecule has 1 aromatic carbocycles. The average Bonchev–Trinajstić information content (AvgIpc) is 2.97. The van der Waals surface area contributed by atoms with Gasteiger partial charge in [0.1, 0.15) is 11.3 Å². The van der Waals surface area contributed by atoms with Gasteiger partial charge in [-0.2, -0.15) is 0 Å². The van der Waals surface area contributed by atoms with Crippen molar-refractivity contribution in [3.63, 3.8) is 0 Å². The first-order valence-corrected chi connectivity index (χ1v) is 10.4. The predicted molar refractivity (Wildman–Crippen MR) is 107 cm³/mol. The summed E-state index contributed by atoms with van der Waals surface area (Å²) in [6, 6.07) is 9.66. The number of aromatic nitrogens is 3. The summed E-state index contributed by atoms with van der Waals surface area (Å²) in [5.74, 6) is 0.753. The van der Waals surface area contributed by atoms with Crippen LogP contribution in [0.5, 0.6) is 0 Å². The van der Waals surface area contributed by atoms with Crippen molar-refractivity contribution in [1.82, 2.24) is 19.3 Å². The quantitative estimate of drug-likeness (QED) is 0.633. The van der Waals surface area contributed by atoms with Gasteiger partial charge in [0, 0.05) is 25.4 Å². The number of carbonyl (C=O) groups excluding carboxylic acids is 1. The van der Waals surface area contributed by atoms with Crippen molar-refractivity contribution in [2.45, 2.75) is 38.8 Å². The van der Waals surface area contributed by atoms with Crippen LogP contribution in [0.2, 0.25) is 0 Å². The molecule has 9 heteroatoms. The van der Waals surface area contributed by atoms with E-state index in [0.717, 1.165) is 11.2 Å². The number of imidazole rings is 1. The Morgan fingerprint density at radius 3 is 2.54 bits per heavy atom. The van der Waals surface area contributed by atoms with Crippen LogP contribution in [0, 0.1) is 5.92 Å². The third-order valence-electron chi connectivity index (χ3n) is 4.04. The topological polar surface area (TPSA) is 106 Å². The van der Waals surface area contributed by atoms with E-state index in [1.807, 2.05) is 10.6 Å². The van der Waals surface area contributed by atoms with E-state index in [4.69, 9.17) is 0 Å². The monoisotopic (exact) mass is 401 g/mol. The second kappa shape index (κ2) is 8.07. The molecule has 2 aromatic heterocycles. The largest absolute Gasteiger partial charge is 0.326 e. The second-order valence-corrected chi connectivity index (χ2v) is 8.68. The summed E-state index contributed by atoms with van der Waals surface area (Å²) in [5, 5.41) is 2.61. The van der Waals surface area contributed by atoms with Crippen molar-refractivity contribution >= 4 is 32.8 Å². The predicted octanol–water partition coefficient (Wildman–Crippen LogP) is 2.52. The zero-order chi connectivity index (χ0) is 20.3. The molecule has 0 saturated heterocycles. The van der Waals surface area contributed by atoms with Crippen LogP contribution in [0.1, 0.15) is 26.6 Å². The van der Waals surface area contributed by atoms with Crippen molar-refractivity contribution in [1.29, 1.82) is 0 Å². The number of nitrogens with one attached hydrogen (secondary N) is 2. The fraction of sp³-hybridized carbons (Fsp3) is 0.316. The molecule has 3 rings (SSSR count). The lowest BCUT2D eigenvalue weighted by molar-refractivity contribution is -0.114. The van der Waals surface area contributed by atoms with Crippen LogP contribution in [0.4, 0.5) is 5.69 Å². The first kappa shape index (κ1) is 20.0. The highest BCUT2D eigenvalue weighted by atomic mass is 32.2. The van der Waals surface area contributed by atoms with Crippen molar-refractivity contribution < 1.29 is 13.2 Å². The fourth-order valence-corrected chi connectivity index (χ4v) is 3.84. The van der Waals surface area contributed by atoms with E-state index in [9.17, 15) is 13.2 Å². The minimum Gasteiger partial charge on any atom is -0.326 e. The molecule has 0 radical (unpaired) electrons. The van der Waals surface area contributed by atoms with Crippen LogP contribution < -0.4 is 10.0 Å². The maximum atomic E-state index is 12.6.